The molecule has 4 N–H and O–H groups in total. The molecular weight excluding hydrogens is 432 g/mol. The monoisotopic (exact) mass is 452 g/mol. The van der Waals surface area contributed by atoms with Crippen molar-refractivity contribution in [2.45, 2.75) is 12.1 Å². The van der Waals surface area contributed by atoms with Crippen LogP contribution in [0.5, 0.6) is 0 Å². The minimum absolute atomic E-state index is 0.0138. The van der Waals surface area contributed by atoms with E-state index < -0.39 is 4.92 Å². The van der Waals surface area contributed by atoms with Gasteiger partial charge in [0.05, 0.1) is 16.4 Å². The Morgan fingerprint density at radius 2 is 2.03 bits per heavy atom. The lowest BCUT2D eigenvalue weighted by atomic mass is 10.2. The van der Waals surface area contributed by atoms with Gasteiger partial charge in [-0.3, -0.25) is 14.9 Å². The second kappa shape index (κ2) is 10.7. The summed E-state index contributed by atoms with van der Waals surface area (Å²) >= 11 is 1.06. The van der Waals surface area contributed by atoms with E-state index in [9.17, 15) is 14.9 Å². The number of nitro benzene ring substituents is 1. The van der Waals surface area contributed by atoms with Crippen LogP contribution in [-0.2, 0) is 4.79 Å². The van der Waals surface area contributed by atoms with Crippen molar-refractivity contribution in [3.05, 3.63) is 76.4 Å². The van der Waals surface area contributed by atoms with Gasteiger partial charge in [0.2, 0.25) is 11.1 Å². The third-order valence-electron chi connectivity index (χ3n) is 3.99. The normalized spacial score (nSPS) is 11.5. The SMILES string of the molecule is CC(/C=C/c1ccccc1)=N\Nc1nnc(SCC(=O)Nc2cccc([N+](=O)[O-])c2)n1N. The van der Waals surface area contributed by atoms with Crippen LogP contribution in [0.3, 0.4) is 0 Å². The summed E-state index contributed by atoms with van der Waals surface area (Å²) in [5.41, 5.74) is 4.70. The molecule has 12 heteroatoms. The smallest absolute Gasteiger partial charge is 0.271 e. The lowest BCUT2D eigenvalue weighted by Gasteiger charge is -2.05. The predicted octanol–water partition coefficient (Wildman–Crippen LogP) is 3.13. The number of hydrogen-bond donors (Lipinski definition) is 3. The van der Waals surface area contributed by atoms with Crippen LogP contribution in [0.25, 0.3) is 6.08 Å². The molecule has 3 aromatic rings. The fraction of sp³-hybridized carbons (Fsp3) is 0.100. The highest BCUT2D eigenvalue weighted by atomic mass is 32.2. The van der Waals surface area contributed by atoms with E-state index in [4.69, 9.17) is 5.84 Å². The number of rotatable bonds is 9. The van der Waals surface area contributed by atoms with Gasteiger partial charge in [0.1, 0.15) is 0 Å². The Balaban J connectivity index is 1.53. The standard InChI is InChI=1S/C20H20N8O3S/c1-14(10-11-15-6-3-2-4-7-15)23-24-19-25-26-20(27(19)21)32-13-18(29)22-16-8-5-9-17(12-16)28(30)31/h2-12H,13,21H2,1H3,(H,22,29)(H,24,25)/b11-10+,23-14+. The summed E-state index contributed by atoms with van der Waals surface area (Å²) < 4.78 is 1.18. The first-order valence-corrected chi connectivity index (χ1v) is 10.3. The fourth-order valence-corrected chi connectivity index (χ4v) is 3.09. The predicted molar refractivity (Wildman–Crippen MR) is 125 cm³/mol. The van der Waals surface area contributed by atoms with Crippen LogP contribution in [0.15, 0.2) is 70.9 Å². The number of non-ortho nitro benzene ring substituents is 1. The van der Waals surface area contributed by atoms with Crippen molar-refractivity contribution in [2.75, 3.05) is 22.3 Å². The summed E-state index contributed by atoms with van der Waals surface area (Å²) in [5, 5.41) is 25.8. The molecule has 0 radical (unpaired) electrons. The molecule has 1 aromatic heterocycles. The number of aromatic nitrogens is 3. The molecule has 11 nitrogen and oxygen atoms in total. The molecule has 0 saturated heterocycles. The number of benzene rings is 2. The van der Waals surface area contributed by atoms with Gasteiger partial charge in [0, 0.05) is 17.8 Å². The van der Waals surface area contributed by atoms with Crippen LogP contribution in [0.1, 0.15) is 12.5 Å². The van der Waals surface area contributed by atoms with Gasteiger partial charge < -0.3 is 11.2 Å². The molecule has 0 saturated carbocycles. The Bertz CT molecular complexity index is 1160. The number of amides is 1. The van der Waals surface area contributed by atoms with E-state index in [-0.39, 0.29) is 23.3 Å². The van der Waals surface area contributed by atoms with Crippen LogP contribution in [0, 0.1) is 10.1 Å². The first-order chi connectivity index (χ1) is 15.4. The highest BCUT2D eigenvalue weighted by molar-refractivity contribution is 7.99. The Kier molecular flexibility index (Phi) is 7.54. The van der Waals surface area contributed by atoms with Crippen LogP contribution in [-0.4, -0.2) is 37.2 Å². The summed E-state index contributed by atoms with van der Waals surface area (Å²) in [7, 11) is 0. The summed E-state index contributed by atoms with van der Waals surface area (Å²) in [6.45, 7) is 1.82. The average molecular weight is 453 g/mol. The molecular formula is C20H20N8O3S. The number of nitrogens with one attached hydrogen (secondary N) is 2. The molecule has 32 heavy (non-hydrogen) atoms. The van der Waals surface area contributed by atoms with Crippen molar-refractivity contribution in [3.8, 4) is 0 Å². The van der Waals surface area contributed by atoms with Crippen molar-refractivity contribution in [1.82, 2.24) is 14.9 Å². The van der Waals surface area contributed by atoms with Crippen LogP contribution in [0.2, 0.25) is 0 Å². The molecule has 0 aliphatic heterocycles. The van der Waals surface area contributed by atoms with E-state index in [1.807, 2.05) is 49.4 Å². The Morgan fingerprint density at radius 1 is 1.25 bits per heavy atom. The quantitative estimate of drug-likeness (QED) is 0.147. The van der Waals surface area contributed by atoms with E-state index in [0.717, 1.165) is 17.3 Å². The van der Waals surface area contributed by atoms with E-state index in [0.29, 0.717) is 16.6 Å². The summed E-state index contributed by atoms with van der Waals surface area (Å²) in [6.07, 6.45) is 3.77. The zero-order valence-corrected chi connectivity index (χ0v) is 17.8. The molecule has 0 fully saturated rings. The van der Waals surface area contributed by atoms with Crippen LogP contribution >= 0.6 is 11.8 Å². The Hall–Kier alpha value is -4.19. The van der Waals surface area contributed by atoms with E-state index in [1.54, 1.807) is 6.07 Å². The molecule has 0 aliphatic rings. The number of hydrogen-bond acceptors (Lipinski definition) is 9. The number of nitrogens with zero attached hydrogens (tertiary/aromatic N) is 5. The lowest BCUT2D eigenvalue weighted by molar-refractivity contribution is -0.384. The zero-order valence-electron chi connectivity index (χ0n) is 17.0. The Morgan fingerprint density at radius 3 is 2.78 bits per heavy atom. The Labute approximate surface area is 187 Å². The van der Waals surface area contributed by atoms with Gasteiger partial charge in [0.25, 0.3) is 11.6 Å². The first kappa shape index (κ1) is 22.5. The van der Waals surface area contributed by atoms with Gasteiger partial charge >= 0.3 is 0 Å². The second-order valence-corrected chi connectivity index (χ2v) is 7.37. The van der Waals surface area contributed by atoms with E-state index in [2.05, 4.69) is 26.0 Å². The van der Waals surface area contributed by atoms with Crippen LogP contribution < -0.4 is 16.6 Å². The number of anilines is 2. The minimum atomic E-state index is -0.530. The van der Waals surface area contributed by atoms with Crippen molar-refractivity contribution < 1.29 is 9.72 Å². The molecule has 0 bridgehead atoms. The third-order valence-corrected chi connectivity index (χ3v) is 4.93. The molecule has 2 aromatic carbocycles. The summed E-state index contributed by atoms with van der Waals surface area (Å²) in [4.78, 5) is 22.4. The largest absolute Gasteiger partial charge is 0.334 e. The van der Waals surface area contributed by atoms with Gasteiger partial charge in [-0.05, 0) is 24.6 Å². The summed E-state index contributed by atoms with van der Waals surface area (Å²) in [5.74, 6) is 5.79. The van der Waals surface area contributed by atoms with Crippen molar-refractivity contribution in [2.24, 2.45) is 5.10 Å². The highest BCUT2D eigenvalue weighted by Crippen LogP contribution is 2.19. The number of allylic oxidation sites excluding steroid dienone is 1. The maximum absolute atomic E-state index is 12.1. The topological polar surface area (TPSA) is 153 Å². The lowest BCUT2D eigenvalue weighted by Crippen LogP contribution is -2.17. The maximum atomic E-state index is 12.1. The maximum Gasteiger partial charge on any atom is 0.271 e. The number of nitrogens with two attached hydrogens (primary N) is 1. The number of hydrazone groups is 1. The van der Waals surface area contributed by atoms with Gasteiger partial charge in [-0.2, -0.15) is 5.10 Å². The molecule has 3 rings (SSSR count). The average Bonchev–Trinajstić information content (AvgIpc) is 3.15. The van der Waals surface area contributed by atoms with Gasteiger partial charge in [-0.1, -0.05) is 54.2 Å². The van der Waals surface area contributed by atoms with Crippen molar-refractivity contribution in [1.29, 1.82) is 0 Å². The first-order valence-electron chi connectivity index (χ1n) is 9.33. The molecule has 0 aliphatic carbocycles. The highest BCUT2D eigenvalue weighted by Gasteiger charge is 2.13. The minimum Gasteiger partial charge on any atom is -0.334 e. The van der Waals surface area contributed by atoms with E-state index in [1.165, 1.54) is 22.9 Å². The van der Waals surface area contributed by atoms with Crippen molar-refractivity contribution in [3.63, 3.8) is 0 Å². The fourth-order valence-electron chi connectivity index (χ4n) is 2.43. The molecule has 164 valence electrons. The van der Waals surface area contributed by atoms with Gasteiger partial charge in [-0.25, -0.2) is 10.1 Å². The molecule has 1 heterocycles. The van der Waals surface area contributed by atoms with E-state index >= 15 is 0 Å². The number of nitro groups is 1. The number of carbonyl (C=O) groups is 1. The van der Waals surface area contributed by atoms with Crippen LogP contribution in [0.4, 0.5) is 17.3 Å². The zero-order chi connectivity index (χ0) is 22.9. The third kappa shape index (κ3) is 6.40. The second-order valence-electron chi connectivity index (χ2n) is 6.43. The van der Waals surface area contributed by atoms with Crippen molar-refractivity contribution >= 4 is 46.8 Å². The number of carbonyl (C=O) groups excluding carboxylic acids is 1. The molecule has 0 spiro atoms. The number of thioether (sulfide) groups is 1. The number of nitrogen functional groups attached to an aromatic ring is 1. The molecule has 1 amide bonds. The summed E-state index contributed by atoms with van der Waals surface area (Å²) in [6, 6.07) is 15.5. The molecule has 0 unspecified atom stereocenters. The van der Waals surface area contributed by atoms with Gasteiger partial charge in [-0.15, -0.1) is 10.2 Å². The van der Waals surface area contributed by atoms with Gasteiger partial charge in [0.15, 0.2) is 0 Å². The molecule has 0 atom stereocenters.